The minimum atomic E-state index is 0.878. The summed E-state index contributed by atoms with van der Waals surface area (Å²) in [4.78, 5) is 0. The van der Waals surface area contributed by atoms with Gasteiger partial charge in [-0.1, -0.05) is 76.0 Å². The molecule has 1 heteroatoms. The molecule has 0 aliphatic carbocycles. The number of ether oxygens (including phenoxy) is 1. The molecule has 0 bridgehead atoms. The van der Waals surface area contributed by atoms with E-state index in [4.69, 9.17) is 4.74 Å². The number of rotatable bonds is 14. The summed E-state index contributed by atoms with van der Waals surface area (Å²) in [5.41, 5.74) is 0. The highest BCUT2D eigenvalue weighted by Crippen LogP contribution is 2.13. The molecule has 0 rings (SSSR count). The Morgan fingerprint density at radius 1 is 0.680 bits per heavy atom. The SMILES string of the molecule is C/C=C/C=C(\C=C\CCCCC)OC(/C=C/CCCCC)=C/C=C/C. The molecule has 0 aliphatic rings. The lowest BCUT2D eigenvalue weighted by Gasteiger charge is -2.07. The van der Waals surface area contributed by atoms with Crippen molar-refractivity contribution in [1.29, 1.82) is 0 Å². The Morgan fingerprint density at radius 2 is 1.12 bits per heavy atom. The zero-order chi connectivity index (χ0) is 18.6. The van der Waals surface area contributed by atoms with E-state index in [1.165, 1.54) is 38.5 Å². The van der Waals surface area contributed by atoms with Gasteiger partial charge in [0, 0.05) is 0 Å². The zero-order valence-corrected chi connectivity index (χ0v) is 16.8. The first-order valence-electron chi connectivity index (χ1n) is 9.95. The number of allylic oxidation sites excluding steroid dienone is 10. The lowest BCUT2D eigenvalue weighted by Crippen LogP contribution is -1.89. The maximum absolute atomic E-state index is 6.11. The molecule has 1 nitrogen and oxygen atoms in total. The van der Waals surface area contributed by atoms with Crippen LogP contribution in [0.25, 0.3) is 0 Å². The van der Waals surface area contributed by atoms with Crippen molar-refractivity contribution in [2.24, 2.45) is 0 Å². The molecule has 0 spiro atoms. The van der Waals surface area contributed by atoms with Crippen LogP contribution in [0.4, 0.5) is 0 Å². The normalized spacial score (nSPS) is 13.9. The van der Waals surface area contributed by atoms with Gasteiger partial charge in [0.25, 0.3) is 0 Å². The molecule has 0 aromatic heterocycles. The Balaban J connectivity index is 4.88. The third kappa shape index (κ3) is 15.5. The fourth-order valence-electron chi connectivity index (χ4n) is 2.19. The van der Waals surface area contributed by atoms with Gasteiger partial charge in [-0.05, 0) is 63.8 Å². The predicted octanol–water partition coefficient (Wildman–Crippen LogP) is 8.20. The molecule has 0 saturated carbocycles. The highest BCUT2D eigenvalue weighted by molar-refractivity contribution is 5.25. The Labute approximate surface area is 156 Å². The van der Waals surface area contributed by atoms with E-state index in [1.54, 1.807) is 0 Å². The quantitative estimate of drug-likeness (QED) is 0.175. The van der Waals surface area contributed by atoms with Gasteiger partial charge >= 0.3 is 0 Å². The van der Waals surface area contributed by atoms with Crippen molar-refractivity contribution >= 4 is 0 Å². The van der Waals surface area contributed by atoms with Gasteiger partial charge in [-0.25, -0.2) is 0 Å². The van der Waals surface area contributed by atoms with Gasteiger partial charge in [-0.15, -0.1) is 0 Å². The van der Waals surface area contributed by atoms with Crippen molar-refractivity contribution in [2.45, 2.75) is 79.1 Å². The molecule has 0 N–H and O–H groups in total. The number of hydrogen-bond donors (Lipinski definition) is 0. The Hall–Kier alpha value is -1.76. The maximum Gasteiger partial charge on any atom is 0.127 e. The van der Waals surface area contributed by atoms with Crippen molar-refractivity contribution in [3.63, 3.8) is 0 Å². The molecule has 0 heterocycles. The average molecular weight is 343 g/mol. The van der Waals surface area contributed by atoms with E-state index >= 15 is 0 Å². The first kappa shape index (κ1) is 23.2. The van der Waals surface area contributed by atoms with E-state index in [2.05, 4.69) is 38.2 Å². The van der Waals surface area contributed by atoms with E-state index in [9.17, 15) is 0 Å². The molecule has 0 atom stereocenters. The predicted molar refractivity (Wildman–Crippen MR) is 113 cm³/mol. The van der Waals surface area contributed by atoms with Crippen molar-refractivity contribution < 1.29 is 4.74 Å². The Kier molecular flexibility index (Phi) is 17.3. The fourth-order valence-corrected chi connectivity index (χ4v) is 2.19. The van der Waals surface area contributed by atoms with Crippen LogP contribution >= 0.6 is 0 Å². The summed E-state index contributed by atoms with van der Waals surface area (Å²) in [6.45, 7) is 8.50. The monoisotopic (exact) mass is 342 g/mol. The summed E-state index contributed by atoms with van der Waals surface area (Å²) in [7, 11) is 0. The van der Waals surface area contributed by atoms with Crippen LogP contribution in [-0.2, 0) is 4.74 Å². The van der Waals surface area contributed by atoms with Crippen LogP contribution in [-0.4, -0.2) is 0 Å². The van der Waals surface area contributed by atoms with Crippen molar-refractivity contribution in [1.82, 2.24) is 0 Å². The summed E-state index contributed by atoms with van der Waals surface area (Å²) < 4.78 is 6.11. The molecule has 0 aromatic rings. The smallest absolute Gasteiger partial charge is 0.127 e. The van der Waals surface area contributed by atoms with Crippen LogP contribution in [0.2, 0.25) is 0 Å². The lowest BCUT2D eigenvalue weighted by molar-refractivity contribution is 0.336. The topological polar surface area (TPSA) is 9.23 Å². The standard InChI is InChI=1S/C24H38O/c1-5-9-13-15-17-21-23(19-11-7-3)25-24(20-12-8-4)22-18-16-14-10-6-2/h7-8,11-12,17-22H,5-6,9-10,13-16H2,1-4H3/b11-7+,12-8+,21-17+,22-18+,23-19+,24-20+. The molecular formula is C24H38O. The van der Waals surface area contributed by atoms with E-state index < -0.39 is 0 Å². The van der Waals surface area contributed by atoms with Gasteiger partial charge in [-0.2, -0.15) is 0 Å². The molecule has 0 aromatic carbocycles. The first-order valence-corrected chi connectivity index (χ1v) is 9.95. The second-order valence-electron chi connectivity index (χ2n) is 6.09. The molecule has 140 valence electrons. The molecule has 0 aliphatic heterocycles. The van der Waals surface area contributed by atoms with Gasteiger partial charge in [-0.3, -0.25) is 0 Å². The van der Waals surface area contributed by atoms with Gasteiger partial charge < -0.3 is 4.74 Å². The summed E-state index contributed by atoms with van der Waals surface area (Å²) in [6.07, 6.45) is 30.5. The second kappa shape index (κ2) is 18.6. The Morgan fingerprint density at radius 3 is 1.48 bits per heavy atom. The van der Waals surface area contributed by atoms with Crippen LogP contribution in [0.3, 0.4) is 0 Å². The summed E-state index contributed by atoms with van der Waals surface area (Å²) in [6, 6.07) is 0. The summed E-state index contributed by atoms with van der Waals surface area (Å²) >= 11 is 0. The van der Waals surface area contributed by atoms with E-state index in [0.717, 1.165) is 24.4 Å². The molecule has 0 unspecified atom stereocenters. The minimum Gasteiger partial charge on any atom is -0.457 e. The maximum atomic E-state index is 6.11. The van der Waals surface area contributed by atoms with Gasteiger partial charge in [0.05, 0.1) is 0 Å². The molecule has 0 fully saturated rings. The van der Waals surface area contributed by atoms with E-state index in [1.807, 2.05) is 50.3 Å². The van der Waals surface area contributed by atoms with Crippen molar-refractivity contribution in [3.8, 4) is 0 Å². The molecule has 0 amide bonds. The minimum absolute atomic E-state index is 0.878. The first-order chi connectivity index (χ1) is 12.3. The number of hydrogen-bond acceptors (Lipinski definition) is 1. The highest BCUT2D eigenvalue weighted by Gasteiger charge is 1.97. The average Bonchev–Trinajstić information content (AvgIpc) is 2.63. The third-order valence-electron chi connectivity index (χ3n) is 3.65. The molecule has 25 heavy (non-hydrogen) atoms. The fraction of sp³-hybridized carbons (Fsp3) is 0.500. The van der Waals surface area contributed by atoms with E-state index in [0.29, 0.717) is 0 Å². The third-order valence-corrected chi connectivity index (χ3v) is 3.65. The molecule has 0 saturated heterocycles. The van der Waals surface area contributed by atoms with Crippen LogP contribution in [0.1, 0.15) is 79.1 Å². The zero-order valence-electron chi connectivity index (χ0n) is 16.8. The van der Waals surface area contributed by atoms with Crippen molar-refractivity contribution in [2.75, 3.05) is 0 Å². The Bertz CT molecular complexity index is 428. The second-order valence-corrected chi connectivity index (χ2v) is 6.09. The molecular weight excluding hydrogens is 304 g/mol. The van der Waals surface area contributed by atoms with Gasteiger partial charge in [0.2, 0.25) is 0 Å². The number of unbranched alkanes of at least 4 members (excludes halogenated alkanes) is 6. The van der Waals surface area contributed by atoms with Crippen LogP contribution in [0.5, 0.6) is 0 Å². The summed E-state index contributed by atoms with van der Waals surface area (Å²) in [5.74, 6) is 1.76. The van der Waals surface area contributed by atoms with Crippen LogP contribution in [0, 0.1) is 0 Å². The highest BCUT2D eigenvalue weighted by atomic mass is 16.5. The summed E-state index contributed by atoms with van der Waals surface area (Å²) in [5, 5.41) is 0. The van der Waals surface area contributed by atoms with Crippen molar-refractivity contribution in [3.05, 3.63) is 72.3 Å². The van der Waals surface area contributed by atoms with Crippen LogP contribution < -0.4 is 0 Å². The van der Waals surface area contributed by atoms with Gasteiger partial charge in [0.1, 0.15) is 11.5 Å². The van der Waals surface area contributed by atoms with Crippen LogP contribution in [0.15, 0.2) is 72.3 Å². The van der Waals surface area contributed by atoms with Gasteiger partial charge in [0.15, 0.2) is 0 Å². The lowest BCUT2D eigenvalue weighted by atomic mass is 10.2. The largest absolute Gasteiger partial charge is 0.457 e. The molecule has 0 radical (unpaired) electrons. The van der Waals surface area contributed by atoms with E-state index in [-0.39, 0.29) is 0 Å².